The van der Waals surface area contributed by atoms with Crippen LogP contribution in [-0.4, -0.2) is 38.0 Å². The summed E-state index contributed by atoms with van der Waals surface area (Å²) in [5.41, 5.74) is 1.37. The van der Waals surface area contributed by atoms with Gasteiger partial charge < -0.3 is 20.7 Å². The topological polar surface area (TPSA) is 96.5 Å². The van der Waals surface area contributed by atoms with Crippen molar-refractivity contribution in [2.24, 2.45) is 0 Å². The highest BCUT2D eigenvalue weighted by atomic mass is 35.5. The minimum absolute atomic E-state index is 0.0305. The third-order valence-electron chi connectivity index (χ3n) is 3.81. The summed E-state index contributed by atoms with van der Waals surface area (Å²) < 4.78 is 18.4. The van der Waals surface area contributed by atoms with Gasteiger partial charge in [-0.05, 0) is 42.8 Å². The van der Waals surface area contributed by atoms with Crippen LogP contribution in [0.2, 0.25) is 5.02 Å². The molecule has 0 atom stereocenters. The summed E-state index contributed by atoms with van der Waals surface area (Å²) >= 11 is 5.99. The van der Waals surface area contributed by atoms with E-state index in [2.05, 4.69) is 20.7 Å². The Labute approximate surface area is 166 Å². The number of benzene rings is 2. The lowest BCUT2D eigenvalue weighted by Crippen LogP contribution is -2.36. The van der Waals surface area contributed by atoms with Gasteiger partial charge in [0.15, 0.2) is 0 Å². The number of carbonyl (C=O) groups is 3. The first kappa shape index (κ1) is 21.2. The molecular formula is C19H19ClFN3O4. The van der Waals surface area contributed by atoms with Gasteiger partial charge in [-0.2, -0.15) is 0 Å². The van der Waals surface area contributed by atoms with Crippen molar-refractivity contribution in [2.45, 2.75) is 6.92 Å². The van der Waals surface area contributed by atoms with Crippen molar-refractivity contribution in [3.63, 3.8) is 0 Å². The smallest absolute Gasteiger partial charge is 0.337 e. The number of esters is 1. The highest BCUT2D eigenvalue weighted by Gasteiger charge is 2.12. The molecule has 0 saturated carbocycles. The molecule has 2 amide bonds. The largest absolute Gasteiger partial charge is 0.465 e. The summed E-state index contributed by atoms with van der Waals surface area (Å²) in [6.45, 7) is 1.21. The quantitative estimate of drug-likeness (QED) is 0.613. The van der Waals surface area contributed by atoms with Gasteiger partial charge in [-0.3, -0.25) is 9.59 Å². The maximum atomic E-state index is 13.8. The number of hydrogen-bond donors (Lipinski definition) is 3. The Morgan fingerprint density at radius 2 is 1.82 bits per heavy atom. The Balaban J connectivity index is 1.85. The number of halogens is 2. The summed E-state index contributed by atoms with van der Waals surface area (Å²) in [5, 5.41) is 8.15. The average molecular weight is 408 g/mol. The fourth-order valence-corrected chi connectivity index (χ4v) is 2.43. The number of ether oxygens (including phenoxy) is 1. The highest BCUT2D eigenvalue weighted by Crippen LogP contribution is 2.22. The molecule has 0 spiro atoms. The second-order valence-corrected chi connectivity index (χ2v) is 6.18. The zero-order chi connectivity index (χ0) is 20.7. The molecule has 0 bridgehead atoms. The number of anilines is 2. The molecule has 0 heterocycles. The third kappa shape index (κ3) is 5.68. The van der Waals surface area contributed by atoms with E-state index in [4.69, 9.17) is 11.6 Å². The van der Waals surface area contributed by atoms with Gasteiger partial charge in [0.25, 0.3) is 0 Å². The molecule has 0 fully saturated rings. The van der Waals surface area contributed by atoms with E-state index in [0.29, 0.717) is 16.3 Å². The zero-order valence-electron chi connectivity index (χ0n) is 15.3. The van der Waals surface area contributed by atoms with Crippen molar-refractivity contribution in [3.8, 4) is 0 Å². The second-order valence-electron chi connectivity index (χ2n) is 5.78. The molecule has 148 valence electrons. The van der Waals surface area contributed by atoms with Crippen LogP contribution in [0.25, 0.3) is 0 Å². The molecular weight excluding hydrogens is 389 g/mol. The van der Waals surface area contributed by atoms with Gasteiger partial charge in [0, 0.05) is 10.7 Å². The number of nitrogens with one attached hydrogen (secondary N) is 3. The molecule has 2 rings (SSSR count). The normalized spacial score (nSPS) is 10.1. The van der Waals surface area contributed by atoms with Crippen molar-refractivity contribution in [1.29, 1.82) is 0 Å². The molecule has 28 heavy (non-hydrogen) atoms. The predicted octanol–water partition coefficient (Wildman–Crippen LogP) is 2.74. The van der Waals surface area contributed by atoms with Gasteiger partial charge in [0.2, 0.25) is 11.8 Å². The average Bonchev–Trinajstić information content (AvgIpc) is 2.68. The van der Waals surface area contributed by atoms with Crippen LogP contribution in [0.5, 0.6) is 0 Å². The van der Waals surface area contributed by atoms with Crippen LogP contribution in [0.15, 0.2) is 36.4 Å². The lowest BCUT2D eigenvalue weighted by atomic mass is 10.2. The fraction of sp³-hybridized carbons (Fsp3) is 0.211. The van der Waals surface area contributed by atoms with E-state index in [0.717, 1.165) is 6.07 Å². The maximum absolute atomic E-state index is 13.8. The maximum Gasteiger partial charge on any atom is 0.337 e. The number of methoxy groups -OCH3 is 1. The van der Waals surface area contributed by atoms with E-state index < -0.39 is 23.6 Å². The van der Waals surface area contributed by atoms with Crippen molar-refractivity contribution >= 4 is 40.8 Å². The van der Waals surface area contributed by atoms with E-state index in [1.165, 1.54) is 19.2 Å². The molecule has 2 aromatic rings. The molecule has 0 radical (unpaired) electrons. The van der Waals surface area contributed by atoms with E-state index >= 15 is 0 Å². The third-order valence-corrected chi connectivity index (χ3v) is 4.22. The number of rotatable bonds is 7. The highest BCUT2D eigenvalue weighted by molar-refractivity contribution is 6.31. The Bertz CT molecular complexity index is 905. The first-order valence-corrected chi connectivity index (χ1v) is 8.63. The van der Waals surface area contributed by atoms with Gasteiger partial charge in [-0.15, -0.1) is 0 Å². The Morgan fingerprint density at radius 3 is 2.54 bits per heavy atom. The number of amides is 2. The van der Waals surface area contributed by atoms with E-state index in [1.807, 2.05) is 0 Å². The molecule has 0 aliphatic heterocycles. The minimum atomic E-state index is -0.630. The Kier molecular flexibility index (Phi) is 7.34. The van der Waals surface area contributed by atoms with Crippen molar-refractivity contribution in [3.05, 3.63) is 58.4 Å². The molecule has 3 N–H and O–H groups in total. The van der Waals surface area contributed by atoms with E-state index in [1.54, 1.807) is 25.1 Å². The van der Waals surface area contributed by atoms with Crippen LogP contribution in [0, 0.1) is 12.7 Å². The van der Waals surface area contributed by atoms with Gasteiger partial charge in [-0.25, -0.2) is 9.18 Å². The van der Waals surface area contributed by atoms with Crippen LogP contribution in [0.4, 0.5) is 15.8 Å². The lowest BCUT2D eigenvalue weighted by Gasteiger charge is -2.11. The van der Waals surface area contributed by atoms with Gasteiger partial charge in [0.1, 0.15) is 5.82 Å². The first-order valence-electron chi connectivity index (χ1n) is 8.25. The molecule has 0 saturated heterocycles. The Morgan fingerprint density at radius 1 is 1.07 bits per heavy atom. The van der Waals surface area contributed by atoms with Crippen LogP contribution >= 0.6 is 11.6 Å². The van der Waals surface area contributed by atoms with Crippen LogP contribution < -0.4 is 16.0 Å². The SMILES string of the molecule is COC(=O)c1ccc(F)c(NCC(=O)NCC(=O)Nc2cccc(Cl)c2C)c1. The van der Waals surface area contributed by atoms with Crippen LogP contribution in [-0.2, 0) is 14.3 Å². The molecule has 0 aromatic heterocycles. The molecule has 0 aliphatic carbocycles. The van der Waals surface area contributed by atoms with Crippen molar-refractivity contribution in [2.75, 3.05) is 30.8 Å². The molecule has 9 heteroatoms. The van der Waals surface area contributed by atoms with Crippen molar-refractivity contribution < 1.29 is 23.5 Å². The molecule has 0 unspecified atom stereocenters. The molecule has 7 nitrogen and oxygen atoms in total. The molecule has 2 aromatic carbocycles. The molecule has 0 aliphatic rings. The van der Waals surface area contributed by atoms with Gasteiger partial charge in [0.05, 0.1) is 31.5 Å². The standard InChI is InChI=1S/C19H19ClFN3O4/c1-11-13(20)4-3-5-15(11)24-18(26)10-23-17(25)9-22-16-8-12(19(27)28-2)6-7-14(16)21/h3-8,22H,9-10H2,1-2H3,(H,23,25)(H,24,26). The zero-order valence-corrected chi connectivity index (χ0v) is 16.0. The van der Waals surface area contributed by atoms with E-state index in [9.17, 15) is 18.8 Å². The van der Waals surface area contributed by atoms with Gasteiger partial charge in [-0.1, -0.05) is 17.7 Å². The summed E-state index contributed by atoms with van der Waals surface area (Å²) in [7, 11) is 1.21. The second kappa shape index (κ2) is 9.70. The summed E-state index contributed by atoms with van der Waals surface area (Å²) in [4.78, 5) is 35.3. The van der Waals surface area contributed by atoms with Gasteiger partial charge >= 0.3 is 5.97 Å². The minimum Gasteiger partial charge on any atom is -0.465 e. The summed E-state index contributed by atoms with van der Waals surface area (Å²) in [5.74, 6) is -2.21. The summed E-state index contributed by atoms with van der Waals surface area (Å²) in [6, 6.07) is 8.70. The Hall–Kier alpha value is -3.13. The lowest BCUT2D eigenvalue weighted by molar-refractivity contribution is -0.122. The number of carbonyl (C=O) groups excluding carboxylic acids is 3. The first-order chi connectivity index (χ1) is 13.3. The van der Waals surface area contributed by atoms with Crippen LogP contribution in [0.1, 0.15) is 15.9 Å². The van der Waals surface area contributed by atoms with Crippen molar-refractivity contribution in [1.82, 2.24) is 5.32 Å². The number of hydrogen-bond acceptors (Lipinski definition) is 5. The summed E-state index contributed by atoms with van der Waals surface area (Å²) in [6.07, 6.45) is 0. The predicted molar refractivity (Wildman–Crippen MR) is 104 cm³/mol. The monoisotopic (exact) mass is 407 g/mol. The van der Waals surface area contributed by atoms with Crippen LogP contribution in [0.3, 0.4) is 0 Å². The van der Waals surface area contributed by atoms with E-state index in [-0.39, 0.29) is 24.3 Å². The fourth-order valence-electron chi connectivity index (χ4n) is 2.26.